The number of amides is 2. The number of halogens is 4. The zero-order chi connectivity index (χ0) is 28.2. The Labute approximate surface area is 242 Å². The van der Waals surface area contributed by atoms with Crippen LogP contribution in [0.4, 0.5) is 5.69 Å². The summed E-state index contributed by atoms with van der Waals surface area (Å²) in [5.41, 5.74) is 1.36. The molecule has 7 nitrogen and oxygen atoms in total. The fraction of sp³-hybridized carbons (Fsp3) is 0.231. The zero-order valence-corrected chi connectivity index (χ0v) is 24.6. The van der Waals surface area contributed by atoms with Crippen LogP contribution in [0.15, 0.2) is 65.6 Å². The first-order valence-corrected chi connectivity index (χ1v) is 14.3. The lowest BCUT2D eigenvalue weighted by Crippen LogP contribution is -2.50. The predicted molar refractivity (Wildman–Crippen MR) is 153 cm³/mol. The number of aryl methyl sites for hydroxylation is 1. The second-order valence-electron chi connectivity index (χ2n) is 8.46. The van der Waals surface area contributed by atoms with Gasteiger partial charge in [-0.15, -0.1) is 0 Å². The van der Waals surface area contributed by atoms with Gasteiger partial charge in [-0.1, -0.05) is 70.2 Å². The summed E-state index contributed by atoms with van der Waals surface area (Å²) in [5.74, 6) is -1.14. The first-order valence-electron chi connectivity index (χ1n) is 11.3. The highest BCUT2D eigenvalue weighted by molar-refractivity contribution is 7.92. The van der Waals surface area contributed by atoms with Crippen molar-refractivity contribution in [3.63, 3.8) is 0 Å². The molecule has 3 aromatic carbocycles. The fourth-order valence-corrected chi connectivity index (χ4v) is 6.12. The molecule has 0 radical (unpaired) electrons. The topological polar surface area (TPSA) is 86.8 Å². The third-order valence-electron chi connectivity index (χ3n) is 5.83. The van der Waals surface area contributed by atoms with Crippen molar-refractivity contribution in [2.24, 2.45) is 0 Å². The van der Waals surface area contributed by atoms with Gasteiger partial charge in [0.05, 0.1) is 10.6 Å². The van der Waals surface area contributed by atoms with E-state index in [1.54, 1.807) is 30.3 Å². The van der Waals surface area contributed by atoms with E-state index < -0.39 is 34.4 Å². The van der Waals surface area contributed by atoms with Crippen molar-refractivity contribution in [1.82, 2.24) is 10.2 Å². The van der Waals surface area contributed by atoms with E-state index in [2.05, 4.69) is 5.32 Å². The van der Waals surface area contributed by atoms with Crippen LogP contribution in [0.25, 0.3) is 0 Å². The molecule has 0 aliphatic rings. The maximum atomic E-state index is 13.8. The Balaban J connectivity index is 2.10. The molecule has 38 heavy (non-hydrogen) atoms. The summed E-state index contributed by atoms with van der Waals surface area (Å²) in [6.45, 7) is 2.56. The monoisotopic (exact) mass is 615 g/mol. The Kier molecular flexibility index (Phi) is 9.95. The summed E-state index contributed by atoms with van der Waals surface area (Å²) >= 11 is 25.0. The van der Waals surface area contributed by atoms with Crippen molar-refractivity contribution in [1.29, 1.82) is 0 Å². The number of hydrogen-bond donors (Lipinski definition) is 1. The van der Waals surface area contributed by atoms with Crippen molar-refractivity contribution in [2.45, 2.75) is 31.3 Å². The van der Waals surface area contributed by atoms with E-state index in [1.807, 2.05) is 6.92 Å². The second-order valence-corrected chi connectivity index (χ2v) is 12.0. The molecule has 0 aliphatic heterocycles. The molecule has 0 bridgehead atoms. The van der Waals surface area contributed by atoms with Crippen molar-refractivity contribution >= 4 is 73.9 Å². The SMILES string of the molecule is CNC(=O)[C@@H](C)N(Cc1c(Cl)cccc1Cl)C(=O)CN(c1cc(Cl)cc(Cl)c1)S(=O)(=O)c1ccc(C)cc1. The summed E-state index contributed by atoms with van der Waals surface area (Å²) in [6.07, 6.45) is 0. The lowest BCUT2D eigenvalue weighted by molar-refractivity contribution is -0.139. The molecule has 0 aromatic heterocycles. The first kappa shape index (κ1) is 30.1. The molecule has 0 heterocycles. The number of anilines is 1. The van der Waals surface area contributed by atoms with Gasteiger partial charge in [-0.2, -0.15) is 0 Å². The van der Waals surface area contributed by atoms with E-state index in [4.69, 9.17) is 46.4 Å². The highest BCUT2D eigenvalue weighted by atomic mass is 35.5. The molecule has 3 aromatic rings. The highest BCUT2D eigenvalue weighted by Gasteiger charge is 2.33. The van der Waals surface area contributed by atoms with E-state index in [0.29, 0.717) is 15.6 Å². The molecule has 0 spiro atoms. The van der Waals surface area contributed by atoms with Gasteiger partial charge < -0.3 is 10.2 Å². The molecular formula is C26H25Cl4N3O4S. The zero-order valence-electron chi connectivity index (χ0n) is 20.7. The Hall–Kier alpha value is -2.49. The van der Waals surface area contributed by atoms with Crippen molar-refractivity contribution < 1.29 is 18.0 Å². The molecule has 202 valence electrons. The maximum absolute atomic E-state index is 13.8. The smallest absolute Gasteiger partial charge is 0.264 e. The molecule has 12 heteroatoms. The van der Waals surface area contributed by atoms with Crippen molar-refractivity contribution in [3.8, 4) is 0 Å². The number of nitrogens with zero attached hydrogens (tertiary/aromatic N) is 2. The Bertz CT molecular complexity index is 1410. The Morgan fingerprint density at radius 2 is 1.47 bits per heavy atom. The number of carbonyl (C=O) groups is 2. The van der Waals surface area contributed by atoms with Crippen LogP contribution >= 0.6 is 46.4 Å². The summed E-state index contributed by atoms with van der Waals surface area (Å²) in [6, 6.07) is 14.3. The van der Waals surface area contributed by atoms with Crippen LogP contribution in [-0.4, -0.2) is 44.8 Å². The fourth-order valence-electron chi connectivity index (χ4n) is 3.69. The van der Waals surface area contributed by atoms with E-state index in [0.717, 1.165) is 9.87 Å². The standard InChI is InChI=1S/C26H25Cl4N3O4S/c1-16-7-9-21(10-8-16)38(36,37)33(20-12-18(27)11-19(28)13-20)15-25(34)32(17(2)26(35)31-3)14-22-23(29)5-4-6-24(22)30/h4-13,17H,14-15H2,1-3H3,(H,31,35)/t17-/m1/s1. The molecule has 1 N–H and O–H groups in total. The van der Waals surface area contributed by atoms with Crippen LogP contribution in [0.3, 0.4) is 0 Å². The maximum Gasteiger partial charge on any atom is 0.264 e. The van der Waals surface area contributed by atoms with Crippen LogP contribution in [0, 0.1) is 6.92 Å². The van der Waals surface area contributed by atoms with Gasteiger partial charge in [0.25, 0.3) is 10.0 Å². The number of sulfonamides is 1. The summed E-state index contributed by atoms with van der Waals surface area (Å²) in [7, 11) is -2.82. The van der Waals surface area contributed by atoms with Gasteiger partial charge in [0, 0.05) is 39.2 Å². The van der Waals surface area contributed by atoms with Gasteiger partial charge in [0.2, 0.25) is 11.8 Å². The van der Waals surface area contributed by atoms with Gasteiger partial charge >= 0.3 is 0 Å². The minimum absolute atomic E-state index is 0.0351. The number of rotatable bonds is 9. The van der Waals surface area contributed by atoms with Crippen LogP contribution in [0.5, 0.6) is 0 Å². The van der Waals surface area contributed by atoms with Gasteiger partial charge in [-0.25, -0.2) is 8.42 Å². The average molecular weight is 617 g/mol. The van der Waals surface area contributed by atoms with Crippen molar-refractivity contribution in [2.75, 3.05) is 17.9 Å². The van der Waals surface area contributed by atoms with Crippen LogP contribution < -0.4 is 9.62 Å². The molecule has 2 amide bonds. The lowest BCUT2D eigenvalue weighted by atomic mass is 10.1. The second kappa shape index (κ2) is 12.6. The lowest BCUT2D eigenvalue weighted by Gasteiger charge is -2.32. The number of hydrogen-bond acceptors (Lipinski definition) is 4. The van der Waals surface area contributed by atoms with Gasteiger partial charge in [-0.05, 0) is 56.3 Å². The minimum atomic E-state index is -4.26. The van der Waals surface area contributed by atoms with E-state index in [1.165, 1.54) is 49.2 Å². The van der Waals surface area contributed by atoms with Crippen LogP contribution in [0.2, 0.25) is 20.1 Å². The highest BCUT2D eigenvalue weighted by Crippen LogP contribution is 2.31. The number of carbonyl (C=O) groups excluding carboxylic acids is 2. The van der Waals surface area contributed by atoms with E-state index >= 15 is 0 Å². The van der Waals surface area contributed by atoms with Crippen molar-refractivity contribution in [3.05, 3.63) is 91.9 Å². The third-order valence-corrected chi connectivity index (χ3v) is 8.76. The van der Waals surface area contributed by atoms with E-state index in [9.17, 15) is 18.0 Å². The van der Waals surface area contributed by atoms with Gasteiger partial charge in [0.1, 0.15) is 12.6 Å². The minimum Gasteiger partial charge on any atom is -0.357 e. The molecule has 0 saturated carbocycles. The third kappa shape index (κ3) is 6.93. The summed E-state index contributed by atoms with van der Waals surface area (Å²) in [5, 5.41) is 3.47. The normalized spacial score (nSPS) is 12.1. The number of nitrogens with one attached hydrogen (secondary N) is 1. The van der Waals surface area contributed by atoms with Gasteiger partial charge in [0.15, 0.2) is 0 Å². The largest absolute Gasteiger partial charge is 0.357 e. The van der Waals surface area contributed by atoms with E-state index in [-0.39, 0.29) is 27.2 Å². The first-order chi connectivity index (χ1) is 17.8. The molecule has 3 rings (SSSR count). The summed E-state index contributed by atoms with van der Waals surface area (Å²) in [4.78, 5) is 27.6. The molecule has 0 aliphatic carbocycles. The molecule has 0 unspecified atom stereocenters. The van der Waals surface area contributed by atoms with Crippen LogP contribution in [0.1, 0.15) is 18.1 Å². The van der Waals surface area contributed by atoms with Crippen LogP contribution in [-0.2, 0) is 26.2 Å². The molecular weight excluding hydrogens is 592 g/mol. The predicted octanol–water partition coefficient (Wildman–Crippen LogP) is 5.97. The average Bonchev–Trinajstić information content (AvgIpc) is 2.85. The summed E-state index contributed by atoms with van der Waals surface area (Å²) < 4.78 is 28.5. The Morgan fingerprint density at radius 3 is 2.00 bits per heavy atom. The quantitative estimate of drug-likeness (QED) is 0.321. The molecule has 0 fully saturated rings. The Morgan fingerprint density at radius 1 is 0.921 bits per heavy atom. The van der Waals surface area contributed by atoms with Gasteiger partial charge in [-0.3, -0.25) is 13.9 Å². The number of likely N-dealkylation sites (N-methyl/N-ethyl adjacent to an activating group) is 1. The molecule has 1 atom stereocenters. The number of benzene rings is 3. The molecule has 0 saturated heterocycles.